The number of likely N-dealkylation sites (tertiary alicyclic amines) is 1. The van der Waals surface area contributed by atoms with Crippen molar-refractivity contribution in [1.82, 2.24) is 10.2 Å². The van der Waals surface area contributed by atoms with Gasteiger partial charge in [0.25, 0.3) is 10.0 Å². The van der Waals surface area contributed by atoms with Crippen LogP contribution in [-0.2, 0) is 16.6 Å². The summed E-state index contributed by atoms with van der Waals surface area (Å²) in [6.45, 7) is 4.54. The zero-order chi connectivity index (χ0) is 20.9. The molecule has 2 fully saturated rings. The van der Waals surface area contributed by atoms with Crippen LogP contribution < -0.4 is 14.8 Å². The van der Waals surface area contributed by atoms with Gasteiger partial charge in [0.2, 0.25) is 0 Å². The highest BCUT2D eigenvalue weighted by Crippen LogP contribution is 2.32. The van der Waals surface area contributed by atoms with Crippen LogP contribution in [0.25, 0.3) is 11.0 Å². The molecule has 1 aromatic heterocycles. The molecule has 0 radical (unpaired) electrons. The van der Waals surface area contributed by atoms with Gasteiger partial charge < -0.3 is 14.5 Å². The van der Waals surface area contributed by atoms with Gasteiger partial charge in [-0.15, -0.1) is 0 Å². The standard InChI is InChI=1S/C22H25N3O4S/c1-14-3-4-21(28-2)20(7-14)24-30(26,27)19-8-15-5-6-29-22(15)16(9-19)12-25-13-17-10-18(25)11-23-17/h3-9,17-18,23-24H,10-13H2,1-2H3. The first kappa shape index (κ1) is 19.4. The molecule has 0 saturated carbocycles. The molecular formula is C22H25N3O4S. The van der Waals surface area contributed by atoms with Gasteiger partial charge >= 0.3 is 0 Å². The van der Waals surface area contributed by atoms with Gasteiger partial charge in [0.15, 0.2) is 0 Å². The fourth-order valence-electron chi connectivity index (χ4n) is 4.56. The Morgan fingerprint density at radius 3 is 2.87 bits per heavy atom. The van der Waals surface area contributed by atoms with E-state index in [1.807, 2.05) is 19.1 Å². The summed E-state index contributed by atoms with van der Waals surface area (Å²) in [6, 6.07) is 11.6. The summed E-state index contributed by atoms with van der Waals surface area (Å²) in [4.78, 5) is 2.63. The Morgan fingerprint density at radius 2 is 2.13 bits per heavy atom. The number of sulfonamides is 1. The van der Waals surface area contributed by atoms with Crippen LogP contribution in [0.5, 0.6) is 5.75 Å². The highest BCUT2D eigenvalue weighted by atomic mass is 32.2. The second-order valence-electron chi connectivity index (χ2n) is 8.15. The van der Waals surface area contributed by atoms with Gasteiger partial charge in [-0.2, -0.15) is 0 Å². The van der Waals surface area contributed by atoms with Crippen LogP contribution in [-0.4, -0.2) is 45.6 Å². The van der Waals surface area contributed by atoms with Crippen molar-refractivity contribution in [3.63, 3.8) is 0 Å². The summed E-state index contributed by atoms with van der Waals surface area (Å²) in [6.07, 6.45) is 2.76. The number of nitrogens with one attached hydrogen (secondary N) is 2. The van der Waals surface area contributed by atoms with E-state index in [-0.39, 0.29) is 4.90 Å². The minimum Gasteiger partial charge on any atom is -0.495 e. The first-order valence-electron chi connectivity index (χ1n) is 10.1. The van der Waals surface area contributed by atoms with Crippen LogP contribution in [0.2, 0.25) is 0 Å². The maximum atomic E-state index is 13.2. The average Bonchev–Trinajstić information content (AvgIpc) is 3.44. The molecule has 2 aliphatic rings. The molecule has 2 bridgehead atoms. The van der Waals surface area contributed by atoms with Crippen molar-refractivity contribution in [3.05, 3.63) is 53.8 Å². The maximum absolute atomic E-state index is 13.2. The second kappa shape index (κ2) is 7.30. The predicted molar refractivity (Wildman–Crippen MR) is 115 cm³/mol. The van der Waals surface area contributed by atoms with Crippen molar-refractivity contribution in [2.45, 2.75) is 36.9 Å². The summed E-state index contributed by atoms with van der Waals surface area (Å²) < 4.78 is 40.2. The van der Waals surface area contributed by atoms with Crippen molar-refractivity contribution in [1.29, 1.82) is 0 Å². The molecule has 2 aliphatic heterocycles. The number of fused-ring (bicyclic) bond motifs is 3. The third-order valence-corrected chi connectivity index (χ3v) is 7.40. The molecule has 3 heterocycles. The van der Waals surface area contributed by atoms with E-state index in [2.05, 4.69) is 14.9 Å². The van der Waals surface area contributed by atoms with Crippen molar-refractivity contribution >= 4 is 26.7 Å². The molecule has 5 rings (SSSR count). The number of ether oxygens (including phenoxy) is 1. The van der Waals surface area contributed by atoms with E-state index in [0.29, 0.717) is 30.1 Å². The van der Waals surface area contributed by atoms with Crippen molar-refractivity contribution in [2.24, 2.45) is 0 Å². The van der Waals surface area contributed by atoms with Crippen LogP contribution in [0.15, 0.2) is 52.0 Å². The van der Waals surface area contributed by atoms with Crippen molar-refractivity contribution < 1.29 is 17.6 Å². The highest BCUT2D eigenvalue weighted by molar-refractivity contribution is 7.92. The van der Waals surface area contributed by atoms with Crippen LogP contribution in [0, 0.1) is 6.92 Å². The SMILES string of the molecule is COc1ccc(C)cc1NS(=O)(=O)c1cc(CN2CC3CC2CN3)c2occc2c1. The number of hydrogen-bond donors (Lipinski definition) is 2. The maximum Gasteiger partial charge on any atom is 0.262 e. The fourth-order valence-corrected chi connectivity index (χ4v) is 5.71. The molecular weight excluding hydrogens is 402 g/mol. The highest BCUT2D eigenvalue weighted by Gasteiger charge is 2.37. The Bertz CT molecular complexity index is 1200. The van der Waals surface area contributed by atoms with Gasteiger partial charge in [-0.3, -0.25) is 9.62 Å². The molecule has 2 unspecified atom stereocenters. The third-order valence-electron chi connectivity index (χ3n) is 6.05. The molecule has 8 heteroatoms. The van der Waals surface area contributed by atoms with Crippen LogP contribution in [0.1, 0.15) is 17.5 Å². The Balaban J connectivity index is 1.50. The van der Waals surface area contributed by atoms with Gasteiger partial charge in [0.05, 0.1) is 24.0 Å². The fraction of sp³-hybridized carbons (Fsp3) is 0.364. The Hall–Kier alpha value is -2.55. The molecule has 0 aliphatic carbocycles. The normalized spacial score (nSPS) is 21.4. The van der Waals surface area contributed by atoms with Gasteiger partial charge in [0, 0.05) is 42.7 Å². The molecule has 2 saturated heterocycles. The first-order valence-corrected chi connectivity index (χ1v) is 11.6. The zero-order valence-corrected chi connectivity index (χ0v) is 17.8. The lowest BCUT2D eigenvalue weighted by Gasteiger charge is -2.27. The largest absolute Gasteiger partial charge is 0.495 e. The summed E-state index contributed by atoms with van der Waals surface area (Å²) in [5, 5.41) is 4.28. The molecule has 2 atom stereocenters. The van der Waals surface area contributed by atoms with Gasteiger partial charge in [-0.05, 0) is 49.2 Å². The smallest absolute Gasteiger partial charge is 0.262 e. The molecule has 2 N–H and O–H groups in total. The number of hydrogen-bond acceptors (Lipinski definition) is 6. The quantitative estimate of drug-likeness (QED) is 0.629. The lowest BCUT2D eigenvalue weighted by molar-refractivity contribution is 0.218. The lowest BCUT2D eigenvalue weighted by atomic mass is 10.1. The number of rotatable bonds is 6. The Labute approximate surface area is 176 Å². The van der Waals surface area contributed by atoms with E-state index in [0.717, 1.165) is 41.6 Å². The Morgan fingerprint density at radius 1 is 1.27 bits per heavy atom. The average molecular weight is 428 g/mol. The van der Waals surface area contributed by atoms with Gasteiger partial charge in [0.1, 0.15) is 11.3 Å². The van der Waals surface area contributed by atoms with Crippen LogP contribution >= 0.6 is 0 Å². The van der Waals surface area contributed by atoms with E-state index in [4.69, 9.17) is 9.15 Å². The minimum atomic E-state index is -3.80. The molecule has 158 valence electrons. The monoisotopic (exact) mass is 427 g/mol. The topological polar surface area (TPSA) is 83.8 Å². The van der Waals surface area contributed by atoms with E-state index >= 15 is 0 Å². The third kappa shape index (κ3) is 3.45. The summed E-state index contributed by atoms with van der Waals surface area (Å²) in [7, 11) is -2.28. The van der Waals surface area contributed by atoms with E-state index in [1.165, 1.54) is 7.11 Å². The summed E-state index contributed by atoms with van der Waals surface area (Å²) >= 11 is 0. The number of piperazine rings is 1. The number of aryl methyl sites for hydroxylation is 1. The van der Waals surface area contributed by atoms with E-state index in [1.54, 1.807) is 30.5 Å². The number of furan rings is 1. The van der Waals surface area contributed by atoms with Crippen LogP contribution in [0.3, 0.4) is 0 Å². The second-order valence-corrected chi connectivity index (χ2v) is 9.84. The molecule has 0 spiro atoms. The first-order chi connectivity index (χ1) is 14.4. The summed E-state index contributed by atoms with van der Waals surface area (Å²) in [5.41, 5.74) is 3.01. The van der Waals surface area contributed by atoms with Crippen LogP contribution in [0.4, 0.5) is 5.69 Å². The van der Waals surface area contributed by atoms with Crippen molar-refractivity contribution in [2.75, 3.05) is 24.9 Å². The number of nitrogens with zero attached hydrogens (tertiary/aromatic N) is 1. The predicted octanol–water partition coefficient (Wildman–Crippen LogP) is 3.10. The number of benzene rings is 2. The van der Waals surface area contributed by atoms with Gasteiger partial charge in [-0.1, -0.05) is 6.07 Å². The number of anilines is 1. The van der Waals surface area contributed by atoms with E-state index < -0.39 is 10.0 Å². The molecule has 7 nitrogen and oxygen atoms in total. The Kier molecular flexibility index (Phi) is 4.72. The number of methoxy groups -OCH3 is 1. The molecule has 3 aromatic rings. The molecule has 2 aromatic carbocycles. The molecule has 0 amide bonds. The zero-order valence-electron chi connectivity index (χ0n) is 17.0. The van der Waals surface area contributed by atoms with E-state index in [9.17, 15) is 8.42 Å². The van der Waals surface area contributed by atoms with Gasteiger partial charge in [-0.25, -0.2) is 8.42 Å². The van der Waals surface area contributed by atoms with Crippen molar-refractivity contribution in [3.8, 4) is 5.75 Å². The molecule has 30 heavy (non-hydrogen) atoms. The lowest BCUT2D eigenvalue weighted by Crippen LogP contribution is -2.43. The minimum absolute atomic E-state index is 0.220. The summed E-state index contributed by atoms with van der Waals surface area (Å²) in [5.74, 6) is 0.481.